The van der Waals surface area contributed by atoms with Crippen molar-refractivity contribution in [2.75, 3.05) is 10.2 Å². The van der Waals surface area contributed by atoms with Crippen LogP contribution in [-0.4, -0.2) is 45.0 Å². The fourth-order valence-electron chi connectivity index (χ4n) is 4.62. The van der Waals surface area contributed by atoms with E-state index < -0.39 is 29.6 Å². The van der Waals surface area contributed by atoms with Crippen molar-refractivity contribution in [3.05, 3.63) is 41.5 Å². The normalized spacial score (nSPS) is 24.8. The van der Waals surface area contributed by atoms with Crippen molar-refractivity contribution in [1.29, 1.82) is 0 Å². The number of hydrogen-bond donors (Lipinski definition) is 1. The monoisotopic (exact) mass is 435 g/mol. The molecular formula is C20H20F3N5O3. The Bertz CT molecular complexity index is 1050. The van der Waals surface area contributed by atoms with E-state index in [0.717, 1.165) is 31.4 Å². The number of nitrogens with zero attached hydrogens (tertiary/aromatic N) is 4. The summed E-state index contributed by atoms with van der Waals surface area (Å²) >= 11 is 0. The van der Waals surface area contributed by atoms with E-state index in [2.05, 4.69) is 10.4 Å². The number of anilines is 2. The van der Waals surface area contributed by atoms with Crippen LogP contribution >= 0.6 is 0 Å². The summed E-state index contributed by atoms with van der Waals surface area (Å²) < 4.78 is 47.4. The maximum atomic E-state index is 13.5. The highest BCUT2D eigenvalue weighted by atomic mass is 19.2. The first kappa shape index (κ1) is 19.7. The standard InChI is InChI=1S/C20H20F3N5O3/c1-10-8-27-16(15(7-24-27)28-14-3-2-4-17(14)31-20(28)30)9-26(10)19(29)25-11-5-12(21)18(23)13(22)6-11/h5-7,10,14,17H,2-4,8-9H2,1H3,(H,25,29)/t10-,14-,17+/m0/s1. The number of fused-ring (bicyclic) bond motifs is 2. The van der Waals surface area contributed by atoms with E-state index >= 15 is 0 Å². The summed E-state index contributed by atoms with van der Waals surface area (Å²) in [5.41, 5.74) is 1.09. The van der Waals surface area contributed by atoms with Crippen LogP contribution < -0.4 is 10.2 Å². The number of rotatable bonds is 2. The smallest absolute Gasteiger partial charge is 0.415 e. The number of urea groups is 1. The van der Waals surface area contributed by atoms with Crippen molar-refractivity contribution in [3.63, 3.8) is 0 Å². The van der Waals surface area contributed by atoms with Gasteiger partial charge in [-0.05, 0) is 26.2 Å². The third-order valence-corrected chi connectivity index (χ3v) is 6.17. The van der Waals surface area contributed by atoms with Gasteiger partial charge in [0.15, 0.2) is 17.5 Å². The van der Waals surface area contributed by atoms with Gasteiger partial charge in [-0.2, -0.15) is 5.10 Å². The Morgan fingerprint density at radius 3 is 2.71 bits per heavy atom. The van der Waals surface area contributed by atoms with E-state index in [1.165, 1.54) is 4.90 Å². The average molecular weight is 435 g/mol. The Morgan fingerprint density at radius 2 is 1.97 bits per heavy atom. The minimum Gasteiger partial charge on any atom is -0.444 e. The third-order valence-electron chi connectivity index (χ3n) is 6.17. The van der Waals surface area contributed by atoms with Crippen LogP contribution in [-0.2, 0) is 17.8 Å². The first-order valence-electron chi connectivity index (χ1n) is 10.1. The van der Waals surface area contributed by atoms with Crippen LogP contribution in [0.1, 0.15) is 31.9 Å². The summed E-state index contributed by atoms with van der Waals surface area (Å²) in [5, 5.41) is 6.79. The molecule has 3 aliphatic rings. The zero-order chi connectivity index (χ0) is 21.9. The number of amides is 3. The largest absolute Gasteiger partial charge is 0.444 e. The molecule has 8 nitrogen and oxygen atoms in total. The molecule has 1 saturated heterocycles. The van der Waals surface area contributed by atoms with E-state index in [1.807, 2.05) is 6.92 Å². The fourth-order valence-corrected chi connectivity index (χ4v) is 4.62. The van der Waals surface area contributed by atoms with Gasteiger partial charge in [-0.25, -0.2) is 22.8 Å². The van der Waals surface area contributed by atoms with Gasteiger partial charge in [0.2, 0.25) is 0 Å². The van der Waals surface area contributed by atoms with E-state index in [4.69, 9.17) is 4.74 Å². The quantitative estimate of drug-likeness (QED) is 0.731. The summed E-state index contributed by atoms with van der Waals surface area (Å²) in [4.78, 5) is 28.4. The number of ether oxygens (including phenoxy) is 1. The molecule has 2 aliphatic heterocycles. The first-order chi connectivity index (χ1) is 14.8. The Morgan fingerprint density at radius 1 is 1.23 bits per heavy atom. The predicted octanol–water partition coefficient (Wildman–Crippen LogP) is 3.61. The van der Waals surface area contributed by atoms with E-state index in [-0.39, 0.29) is 30.4 Å². The average Bonchev–Trinajstić information content (AvgIpc) is 3.39. The lowest BCUT2D eigenvalue weighted by Gasteiger charge is -2.35. The Labute approximate surface area is 175 Å². The second-order valence-corrected chi connectivity index (χ2v) is 8.11. The van der Waals surface area contributed by atoms with Crippen molar-refractivity contribution in [2.45, 2.75) is 57.5 Å². The second-order valence-electron chi connectivity index (χ2n) is 8.11. The molecule has 1 aromatic carbocycles. The Hall–Kier alpha value is -3.24. The van der Waals surface area contributed by atoms with Crippen LogP contribution in [0.25, 0.3) is 0 Å². The molecule has 3 amide bonds. The summed E-state index contributed by atoms with van der Waals surface area (Å²) in [7, 11) is 0. The van der Waals surface area contributed by atoms with Crippen molar-refractivity contribution >= 4 is 23.5 Å². The highest BCUT2D eigenvalue weighted by Crippen LogP contribution is 2.39. The summed E-state index contributed by atoms with van der Waals surface area (Å²) in [6.07, 6.45) is 3.69. The van der Waals surface area contributed by atoms with Gasteiger partial charge in [-0.1, -0.05) is 0 Å². The fraction of sp³-hybridized carbons (Fsp3) is 0.450. The van der Waals surface area contributed by atoms with Crippen LogP contribution in [0.5, 0.6) is 0 Å². The molecule has 1 aromatic heterocycles. The zero-order valence-corrected chi connectivity index (χ0v) is 16.6. The lowest BCUT2D eigenvalue weighted by atomic mass is 10.1. The highest BCUT2D eigenvalue weighted by molar-refractivity contribution is 5.92. The molecule has 1 aliphatic carbocycles. The van der Waals surface area contributed by atoms with Crippen LogP contribution in [0, 0.1) is 17.5 Å². The molecule has 2 fully saturated rings. The van der Waals surface area contributed by atoms with Gasteiger partial charge >= 0.3 is 12.1 Å². The van der Waals surface area contributed by atoms with Crippen molar-refractivity contribution < 1.29 is 27.5 Å². The zero-order valence-electron chi connectivity index (χ0n) is 16.6. The lowest BCUT2D eigenvalue weighted by molar-refractivity contribution is 0.138. The number of carbonyl (C=O) groups excluding carboxylic acids is 2. The molecule has 0 unspecified atom stereocenters. The summed E-state index contributed by atoms with van der Waals surface area (Å²) in [6, 6.07) is 0.523. The minimum absolute atomic E-state index is 0.0480. The molecule has 5 rings (SSSR count). The van der Waals surface area contributed by atoms with Gasteiger partial charge in [-0.3, -0.25) is 9.58 Å². The molecular weight excluding hydrogens is 415 g/mol. The number of halogens is 3. The predicted molar refractivity (Wildman–Crippen MR) is 103 cm³/mol. The Balaban J connectivity index is 1.39. The minimum atomic E-state index is -1.60. The topological polar surface area (TPSA) is 79.7 Å². The maximum absolute atomic E-state index is 13.5. The molecule has 164 valence electrons. The SMILES string of the molecule is C[C@H]1Cn2ncc(N3C(=O)O[C@@H]4CCC[C@@H]43)c2CN1C(=O)Nc1cc(F)c(F)c(F)c1. The third kappa shape index (κ3) is 3.19. The molecule has 31 heavy (non-hydrogen) atoms. The molecule has 1 saturated carbocycles. The number of carbonyl (C=O) groups is 2. The van der Waals surface area contributed by atoms with Gasteiger partial charge < -0.3 is 15.0 Å². The lowest BCUT2D eigenvalue weighted by Crippen LogP contribution is -2.47. The Kier molecular flexibility index (Phi) is 4.56. The van der Waals surface area contributed by atoms with Gasteiger partial charge in [0, 0.05) is 17.8 Å². The summed E-state index contributed by atoms with van der Waals surface area (Å²) in [5.74, 6) is -4.37. The highest BCUT2D eigenvalue weighted by Gasteiger charge is 2.47. The molecule has 1 N–H and O–H groups in total. The number of nitrogens with one attached hydrogen (secondary N) is 1. The van der Waals surface area contributed by atoms with Gasteiger partial charge in [-0.15, -0.1) is 0 Å². The number of benzene rings is 1. The molecule has 0 spiro atoms. The van der Waals surface area contributed by atoms with E-state index in [9.17, 15) is 22.8 Å². The van der Waals surface area contributed by atoms with Gasteiger partial charge in [0.1, 0.15) is 6.10 Å². The van der Waals surface area contributed by atoms with Crippen molar-refractivity contribution in [2.24, 2.45) is 0 Å². The van der Waals surface area contributed by atoms with Crippen LogP contribution in [0.15, 0.2) is 18.3 Å². The van der Waals surface area contributed by atoms with Gasteiger partial charge in [0.25, 0.3) is 0 Å². The molecule has 0 bridgehead atoms. The van der Waals surface area contributed by atoms with Gasteiger partial charge in [0.05, 0.1) is 42.8 Å². The van der Waals surface area contributed by atoms with Crippen molar-refractivity contribution in [3.8, 4) is 0 Å². The van der Waals surface area contributed by atoms with Crippen LogP contribution in [0.3, 0.4) is 0 Å². The second kappa shape index (κ2) is 7.17. The van der Waals surface area contributed by atoms with E-state index in [0.29, 0.717) is 17.9 Å². The molecule has 11 heteroatoms. The number of aromatic nitrogens is 2. The molecule has 3 atom stereocenters. The summed E-state index contributed by atoms with van der Waals surface area (Å²) in [6.45, 7) is 2.33. The van der Waals surface area contributed by atoms with Crippen LogP contribution in [0.4, 0.5) is 34.1 Å². The molecule has 0 radical (unpaired) electrons. The van der Waals surface area contributed by atoms with Crippen molar-refractivity contribution in [1.82, 2.24) is 14.7 Å². The maximum Gasteiger partial charge on any atom is 0.415 e. The van der Waals surface area contributed by atoms with Crippen LogP contribution in [0.2, 0.25) is 0 Å². The molecule has 2 aromatic rings. The number of hydrogen-bond acceptors (Lipinski definition) is 4. The molecule has 3 heterocycles. The first-order valence-corrected chi connectivity index (χ1v) is 10.1. The van der Waals surface area contributed by atoms with E-state index in [1.54, 1.807) is 15.8 Å².